The minimum absolute atomic E-state index is 0.303. The Labute approximate surface area is 103 Å². The molecule has 7 heteroatoms. The number of aromatic amines is 1. The summed E-state index contributed by atoms with van der Waals surface area (Å²) in [7, 11) is 3.72. The van der Waals surface area contributed by atoms with Gasteiger partial charge in [0, 0.05) is 14.1 Å². The number of hydrogen-bond acceptors (Lipinski definition) is 5. The highest BCUT2D eigenvalue weighted by Gasteiger charge is 2.13. The Morgan fingerprint density at radius 3 is 2.67 bits per heavy atom. The zero-order valence-corrected chi connectivity index (χ0v) is 10.1. The number of nitrogens with one attached hydrogen (secondary N) is 1. The van der Waals surface area contributed by atoms with Crippen molar-refractivity contribution in [3.63, 3.8) is 0 Å². The van der Waals surface area contributed by atoms with Crippen molar-refractivity contribution < 1.29 is 0 Å². The monoisotopic (exact) mass is 243 g/mol. The molecular weight excluding hydrogens is 230 g/mol. The third kappa shape index (κ3) is 1.56. The lowest BCUT2D eigenvalue weighted by molar-refractivity contribution is 0.829. The SMILES string of the molecule is CN(C)c1nc(N)n(-c2nc3ccccc3[nH]2)n1. The number of anilines is 2. The summed E-state index contributed by atoms with van der Waals surface area (Å²) in [4.78, 5) is 13.5. The van der Waals surface area contributed by atoms with Gasteiger partial charge in [-0.3, -0.25) is 0 Å². The van der Waals surface area contributed by atoms with Crippen molar-refractivity contribution >= 4 is 22.9 Å². The lowest BCUT2D eigenvalue weighted by atomic mass is 10.3. The second-order valence-corrected chi connectivity index (χ2v) is 4.15. The molecule has 92 valence electrons. The highest BCUT2D eigenvalue weighted by atomic mass is 15.5. The Hall–Kier alpha value is -2.57. The van der Waals surface area contributed by atoms with Crippen molar-refractivity contribution in [3.8, 4) is 5.95 Å². The summed E-state index contributed by atoms with van der Waals surface area (Å²) in [5, 5.41) is 4.29. The Morgan fingerprint density at radius 1 is 1.22 bits per heavy atom. The van der Waals surface area contributed by atoms with E-state index in [1.165, 1.54) is 4.68 Å². The maximum atomic E-state index is 5.84. The van der Waals surface area contributed by atoms with E-state index in [4.69, 9.17) is 5.73 Å². The molecule has 0 bridgehead atoms. The minimum atomic E-state index is 0.303. The molecule has 3 aromatic rings. The molecular formula is C11H13N7. The molecule has 2 aromatic heterocycles. The summed E-state index contributed by atoms with van der Waals surface area (Å²) >= 11 is 0. The zero-order chi connectivity index (χ0) is 12.7. The molecule has 0 aliphatic heterocycles. The molecule has 0 atom stereocenters. The molecule has 0 saturated carbocycles. The number of imidazole rings is 1. The van der Waals surface area contributed by atoms with E-state index in [0.717, 1.165) is 11.0 Å². The summed E-state index contributed by atoms with van der Waals surface area (Å²) in [5.41, 5.74) is 7.64. The fourth-order valence-corrected chi connectivity index (χ4v) is 1.70. The van der Waals surface area contributed by atoms with Crippen LogP contribution < -0.4 is 10.6 Å². The van der Waals surface area contributed by atoms with Gasteiger partial charge in [-0.25, -0.2) is 4.98 Å². The third-order valence-electron chi connectivity index (χ3n) is 2.60. The molecule has 7 nitrogen and oxygen atoms in total. The normalized spacial score (nSPS) is 11.0. The van der Waals surface area contributed by atoms with Gasteiger partial charge in [0.15, 0.2) is 0 Å². The fraction of sp³-hybridized carbons (Fsp3) is 0.182. The van der Waals surface area contributed by atoms with Crippen LogP contribution in [0.5, 0.6) is 0 Å². The zero-order valence-electron chi connectivity index (χ0n) is 10.1. The molecule has 0 aliphatic carbocycles. The first-order valence-electron chi connectivity index (χ1n) is 5.50. The molecule has 3 rings (SSSR count). The van der Waals surface area contributed by atoms with Crippen LogP contribution in [0.2, 0.25) is 0 Å². The second-order valence-electron chi connectivity index (χ2n) is 4.15. The molecule has 0 amide bonds. The van der Waals surface area contributed by atoms with Crippen LogP contribution in [0, 0.1) is 0 Å². The summed E-state index contributed by atoms with van der Waals surface area (Å²) in [5.74, 6) is 1.42. The minimum Gasteiger partial charge on any atom is -0.368 e. The van der Waals surface area contributed by atoms with E-state index < -0.39 is 0 Å². The molecule has 0 radical (unpaired) electrons. The van der Waals surface area contributed by atoms with Crippen molar-refractivity contribution in [3.05, 3.63) is 24.3 Å². The number of nitrogens with zero attached hydrogens (tertiary/aromatic N) is 5. The molecule has 18 heavy (non-hydrogen) atoms. The van der Waals surface area contributed by atoms with Crippen molar-refractivity contribution in [1.82, 2.24) is 24.7 Å². The quantitative estimate of drug-likeness (QED) is 0.694. The summed E-state index contributed by atoms with van der Waals surface area (Å²) in [6, 6.07) is 7.75. The topological polar surface area (TPSA) is 88.7 Å². The van der Waals surface area contributed by atoms with Crippen LogP contribution in [0.15, 0.2) is 24.3 Å². The van der Waals surface area contributed by atoms with Crippen LogP contribution in [0.3, 0.4) is 0 Å². The Morgan fingerprint density at radius 2 is 2.00 bits per heavy atom. The van der Waals surface area contributed by atoms with E-state index in [2.05, 4.69) is 20.1 Å². The van der Waals surface area contributed by atoms with Crippen LogP contribution in [-0.2, 0) is 0 Å². The average molecular weight is 243 g/mol. The van der Waals surface area contributed by atoms with Crippen LogP contribution in [0.4, 0.5) is 11.9 Å². The molecule has 0 aliphatic rings. The van der Waals surface area contributed by atoms with Crippen molar-refractivity contribution in [2.45, 2.75) is 0 Å². The fourth-order valence-electron chi connectivity index (χ4n) is 1.70. The molecule has 2 heterocycles. The highest BCUT2D eigenvalue weighted by molar-refractivity contribution is 5.76. The average Bonchev–Trinajstić information content (AvgIpc) is 2.91. The van der Waals surface area contributed by atoms with Gasteiger partial charge in [-0.15, -0.1) is 5.10 Å². The van der Waals surface area contributed by atoms with Crippen LogP contribution >= 0.6 is 0 Å². The number of hydrogen-bond donors (Lipinski definition) is 2. The molecule has 0 saturated heterocycles. The summed E-state index contributed by atoms with van der Waals surface area (Å²) in [6.07, 6.45) is 0. The summed E-state index contributed by atoms with van der Waals surface area (Å²) in [6.45, 7) is 0. The largest absolute Gasteiger partial charge is 0.368 e. The number of fused-ring (bicyclic) bond motifs is 1. The number of aromatic nitrogens is 5. The Kier molecular flexibility index (Phi) is 2.19. The number of benzene rings is 1. The third-order valence-corrected chi connectivity index (χ3v) is 2.60. The predicted molar refractivity (Wildman–Crippen MR) is 69.8 cm³/mol. The van der Waals surface area contributed by atoms with Gasteiger partial charge >= 0.3 is 0 Å². The number of rotatable bonds is 2. The Balaban J connectivity index is 2.13. The van der Waals surface area contributed by atoms with Gasteiger partial charge in [0.1, 0.15) is 0 Å². The standard InChI is InChI=1S/C11H13N7/c1-17(2)11-15-9(12)18(16-11)10-13-7-5-3-4-6-8(7)14-10/h3-6H,1-2H3,(H,13,14)(H2,12,15,16). The van der Waals surface area contributed by atoms with Gasteiger partial charge in [-0.2, -0.15) is 9.67 Å². The highest BCUT2D eigenvalue weighted by Crippen LogP contribution is 2.16. The van der Waals surface area contributed by atoms with Gasteiger partial charge < -0.3 is 15.6 Å². The first kappa shape index (κ1) is 10.6. The molecule has 0 fully saturated rings. The second kappa shape index (κ2) is 3.73. The van der Waals surface area contributed by atoms with Gasteiger partial charge in [-0.1, -0.05) is 12.1 Å². The number of nitrogen functional groups attached to an aromatic ring is 1. The van der Waals surface area contributed by atoms with E-state index in [-0.39, 0.29) is 0 Å². The van der Waals surface area contributed by atoms with Crippen molar-refractivity contribution in [2.24, 2.45) is 0 Å². The molecule has 0 unspecified atom stereocenters. The summed E-state index contributed by atoms with van der Waals surface area (Å²) < 4.78 is 1.50. The number of para-hydroxylation sites is 2. The lowest BCUT2D eigenvalue weighted by Crippen LogP contribution is -2.11. The van der Waals surface area contributed by atoms with Gasteiger partial charge in [0.25, 0.3) is 0 Å². The van der Waals surface area contributed by atoms with Crippen LogP contribution in [-0.4, -0.2) is 38.8 Å². The number of H-pyrrole nitrogens is 1. The number of nitrogens with two attached hydrogens (primary N) is 1. The lowest BCUT2D eigenvalue weighted by Gasteiger charge is -2.03. The first-order valence-corrected chi connectivity index (χ1v) is 5.50. The van der Waals surface area contributed by atoms with Crippen molar-refractivity contribution in [1.29, 1.82) is 0 Å². The molecule has 1 aromatic carbocycles. The molecule has 3 N–H and O–H groups in total. The van der Waals surface area contributed by atoms with Gasteiger partial charge in [-0.05, 0) is 12.1 Å². The van der Waals surface area contributed by atoms with Crippen LogP contribution in [0.25, 0.3) is 17.0 Å². The van der Waals surface area contributed by atoms with E-state index in [0.29, 0.717) is 17.8 Å². The van der Waals surface area contributed by atoms with Gasteiger partial charge in [0.2, 0.25) is 17.8 Å². The van der Waals surface area contributed by atoms with E-state index in [1.54, 1.807) is 4.90 Å². The van der Waals surface area contributed by atoms with E-state index in [9.17, 15) is 0 Å². The Bertz CT molecular complexity index is 661. The van der Waals surface area contributed by atoms with E-state index in [1.807, 2.05) is 38.4 Å². The van der Waals surface area contributed by atoms with E-state index >= 15 is 0 Å². The van der Waals surface area contributed by atoms with Gasteiger partial charge in [0.05, 0.1) is 11.0 Å². The maximum Gasteiger partial charge on any atom is 0.246 e. The van der Waals surface area contributed by atoms with Crippen molar-refractivity contribution in [2.75, 3.05) is 24.7 Å². The van der Waals surface area contributed by atoms with Crippen LogP contribution in [0.1, 0.15) is 0 Å². The molecule has 0 spiro atoms. The maximum absolute atomic E-state index is 5.84. The smallest absolute Gasteiger partial charge is 0.246 e. The predicted octanol–water partition coefficient (Wildman–Crippen LogP) is 0.792. The first-order chi connectivity index (χ1) is 8.65.